The maximum Gasteiger partial charge on any atom is 0.328 e. The number of hydrogen-bond donors (Lipinski definition) is 1. The third-order valence-corrected chi connectivity index (χ3v) is 4.14. The summed E-state index contributed by atoms with van der Waals surface area (Å²) in [5, 5.41) is 8.60. The van der Waals surface area contributed by atoms with Gasteiger partial charge in [-0.3, -0.25) is 0 Å². The first kappa shape index (κ1) is 20.2. The summed E-state index contributed by atoms with van der Waals surface area (Å²) in [5.41, 5.74) is 2.08. The maximum atomic E-state index is 10.5. The third-order valence-electron chi connectivity index (χ3n) is 4.14. The van der Waals surface area contributed by atoms with Gasteiger partial charge in [-0.25, -0.2) is 4.79 Å². The van der Waals surface area contributed by atoms with Crippen LogP contribution < -0.4 is 0 Å². The van der Waals surface area contributed by atoms with Crippen LogP contribution in [0.1, 0.15) is 82.3 Å². The highest BCUT2D eigenvalue weighted by atomic mass is 16.4. The molecule has 1 aromatic carbocycles. The SMILES string of the molecule is CCCCCCCCCCC/C=C/c1ccc(C=CC(=O)O)cc1. The molecule has 0 aliphatic rings. The van der Waals surface area contributed by atoms with E-state index in [0.717, 1.165) is 18.1 Å². The van der Waals surface area contributed by atoms with Crippen LogP contribution in [0.25, 0.3) is 12.2 Å². The average Bonchev–Trinajstić information content (AvgIpc) is 2.59. The van der Waals surface area contributed by atoms with E-state index in [1.165, 1.54) is 63.4 Å². The minimum Gasteiger partial charge on any atom is -0.478 e. The Bertz CT molecular complexity index is 497. The zero-order valence-electron chi connectivity index (χ0n) is 15.0. The molecule has 0 fully saturated rings. The highest BCUT2D eigenvalue weighted by Gasteiger charge is 1.92. The van der Waals surface area contributed by atoms with E-state index in [1.807, 2.05) is 24.3 Å². The Morgan fingerprint density at radius 1 is 0.833 bits per heavy atom. The van der Waals surface area contributed by atoms with Gasteiger partial charge < -0.3 is 5.11 Å². The number of rotatable bonds is 13. The molecule has 0 aliphatic carbocycles. The molecule has 0 atom stereocenters. The molecule has 1 aromatic rings. The van der Waals surface area contributed by atoms with Crippen molar-refractivity contribution in [3.05, 3.63) is 47.5 Å². The summed E-state index contributed by atoms with van der Waals surface area (Å²) in [5.74, 6) is -0.917. The smallest absolute Gasteiger partial charge is 0.328 e. The number of unbranched alkanes of at least 4 members (excludes halogenated alkanes) is 9. The second kappa shape index (κ2) is 13.6. The number of benzene rings is 1. The van der Waals surface area contributed by atoms with Crippen molar-refractivity contribution in [1.29, 1.82) is 0 Å². The van der Waals surface area contributed by atoms with Gasteiger partial charge in [0.2, 0.25) is 0 Å². The topological polar surface area (TPSA) is 37.3 Å². The third kappa shape index (κ3) is 10.8. The van der Waals surface area contributed by atoms with Crippen molar-refractivity contribution < 1.29 is 9.90 Å². The van der Waals surface area contributed by atoms with Gasteiger partial charge in [0.25, 0.3) is 0 Å². The molecule has 0 aliphatic heterocycles. The molecule has 132 valence electrons. The Morgan fingerprint density at radius 2 is 1.33 bits per heavy atom. The van der Waals surface area contributed by atoms with Gasteiger partial charge >= 0.3 is 5.97 Å². The molecular weight excluding hydrogens is 296 g/mol. The van der Waals surface area contributed by atoms with Crippen molar-refractivity contribution in [2.75, 3.05) is 0 Å². The van der Waals surface area contributed by atoms with Crippen molar-refractivity contribution in [1.82, 2.24) is 0 Å². The van der Waals surface area contributed by atoms with Crippen molar-refractivity contribution in [3.63, 3.8) is 0 Å². The van der Waals surface area contributed by atoms with Crippen LogP contribution in [0.4, 0.5) is 0 Å². The van der Waals surface area contributed by atoms with E-state index in [4.69, 9.17) is 5.11 Å². The van der Waals surface area contributed by atoms with Gasteiger partial charge in [0.05, 0.1) is 0 Å². The quantitative estimate of drug-likeness (QED) is 0.322. The van der Waals surface area contributed by atoms with E-state index < -0.39 is 5.97 Å². The molecule has 0 saturated heterocycles. The minimum atomic E-state index is -0.917. The Kier molecular flexibility index (Phi) is 11.5. The first-order chi connectivity index (χ1) is 11.7. The first-order valence-electron chi connectivity index (χ1n) is 9.40. The number of allylic oxidation sites excluding steroid dienone is 1. The van der Waals surface area contributed by atoms with Gasteiger partial charge in [-0.1, -0.05) is 94.7 Å². The summed E-state index contributed by atoms with van der Waals surface area (Å²) in [6.07, 6.45) is 20.6. The number of carbonyl (C=O) groups is 1. The van der Waals surface area contributed by atoms with Crippen LogP contribution in [-0.4, -0.2) is 11.1 Å². The van der Waals surface area contributed by atoms with Crippen LogP contribution in [0.3, 0.4) is 0 Å². The van der Waals surface area contributed by atoms with Gasteiger partial charge in [0.15, 0.2) is 0 Å². The van der Waals surface area contributed by atoms with Gasteiger partial charge in [-0.2, -0.15) is 0 Å². The minimum absolute atomic E-state index is 0.911. The van der Waals surface area contributed by atoms with Crippen molar-refractivity contribution in [2.24, 2.45) is 0 Å². The highest BCUT2D eigenvalue weighted by Crippen LogP contribution is 2.12. The lowest BCUT2D eigenvalue weighted by molar-refractivity contribution is -0.131. The van der Waals surface area contributed by atoms with Crippen LogP contribution in [0.15, 0.2) is 36.4 Å². The fraction of sp³-hybridized carbons (Fsp3) is 0.500. The van der Waals surface area contributed by atoms with Crippen LogP contribution in [0.2, 0.25) is 0 Å². The van der Waals surface area contributed by atoms with Crippen molar-refractivity contribution in [2.45, 2.75) is 71.1 Å². The average molecular weight is 328 g/mol. The van der Waals surface area contributed by atoms with Crippen LogP contribution >= 0.6 is 0 Å². The predicted octanol–water partition coefficient (Wildman–Crippen LogP) is 6.72. The zero-order chi connectivity index (χ0) is 17.5. The van der Waals surface area contributed by atoms with E-state index in [9.17, 15) is 4.79 Å². The summed E-state index contributed by atoms with van der Waals surface area (Å²) < 4.78 is 0. The van der Waals surface area contributed by atoms with Crippen molar-refractivity contribution in [3.8, 4) is 0 Å². The lowest BCUT2D eigenvalue weighted by atomic mass is 10.1. The molecule has 0 aromatic heterocycles. The van der Waals surface area contributed by atoms with Gasteiger partial charge in [0, 0.05) is 6.08 Å². The van der Waals surface area contributed by atoms with E-state index >= 15 is 0 Å². The monoisotopic (exact) mass is 328 g/mol. The summed E-state index contributed by atoms with van der Waals surface area (Å²) in [6.45, 7) is 2.26. The molecule has 0 unspecified atom stereocenters. The molecular formula is C22H32O2. The predicted molar refractivity (Wildman–Crippen MR) is 104 cm³/mol. The fourth-order valence-corrected chi connectivity index (χ4v) is 2.68. The molecule has 24 heavy (non-hydrogen) atoms. The lowest BCUT2D eigenvalue weighted by Crippen LogP contribution is -1.85. The first-order valence-corrected chi connectivity index (χ1v) is 9.40. The van der Waals surface area contributed by atoms with Crippen LogP contribution in [-0.2, 0) is 4.79 Å². The largest absolute Gasteiger partial charge is 0.478 e. The van der Waals surface area contributed by atoms with Crippen LogP contribution in [0.5, 0.6) is 0 Å². The Morgan fingerprint density at radius 3 is 1.88 bits per heavy atom. The molecule has 0 spiro atoms. The Hall–Kier alpha value is -1.83. The van der Waals surface area contributed by atoms with Crippen LogP contribution in [0, 0.1) is 0 Å². The second-order valence-corrected chi connectivity index (χ2v) is 6.36. The number of carboxylic acids is 1. The normalized spacial score (nSPS) is 11.5. The lowest BCUT2D eigenvalue weighted by Gasteiger charge is -2.00. The number of aliphatic carboxylic acids is 1. The Labute approximate surface area is 147 Å². The highest BCUT2D eigenvalue weighted by molar-refractivity contribution is 5.85. The van der Waals surface area contributed by atoms with E-state index in [1.54, 1.807) is 6.08 Å². The number of hydrogen-bond acceptors (Lipinski definition) is 1. The molecule has 0 amide bonds. The van der Waals surface area contributed by atoms with Gasteiger partial charge in [-0.15, -0.1) is 0 Å². The van der Waals surface area contributed by atoms with Crippen molar-refractivity contribution >= 4 is 18.1 Å². The zero-order valence-corrected chi connectivity index (χ0v) is 15.0. The molecule has 2 nitrogen and oxygen atoms in total. The molecule has 1 rings (SSSR count). The summed E-state index contributed by atoms with van der Waals surface area (Å²) in [7, 11) is 0. The second-order valence-electron chi connectivity index (χ2n) is 6.36. The number of carboxylic acid groups (broad SMARTS) is 1. The summed E-state index contributed by atoms with van der Waals surface area (Å²) in [6, 6.07) is 7.93. The summed E-state index contributed by atoms with van der Waals surface area (Å²) >= 11 is 0. The van der Waals surface area contributed by atoms with Gasteiger partial charge in [0.1, 0.15) is 0 Å². The van der Waals surface area contributed by atoms with Gasteiger partial charge in [-0.05, 0) is 30.0 Å². The molecule has 0 heterocycles. The van der Waals surface area contributed by atoms with E-state index in [2.05, 4.69) is 19.1 Å². The molecule has 1 N–H and O–H groups in total. The standard InChI is InChI=1S/C22H32O2/c1-2-3-4-5-6-7-8-9-10-11-12-13-20-14-16-21(17-15-20)18-19-22(23)24/h12-19H,2-11H2,1H3,(H,23,24)/b13-12+,19-18?. The molecule has 0 bridgehead atoms. The maximum absolute atomic E-state index is 10.5. The van der Waals surface area contributed by atoms with E-state index in [0.29, 0.717) is 0 Å². The molecule has 2 heteroatoms. The molecule has 0 radical (unpaired) electrons. The molecule has 0 saturated carbocycles. The summed E-state index contributed by atoms with van der Waals surface area (Å²) in [4.78, 5) is 10.5. The fourth-order valence-electron chi connectivity index (χ4n) is 2.68. The van der Waals surface area contributed by atoms with E-state index in [-0.39, 0.29) is 0 Å². The Balaban J connectivity index is 2.09.